The molecule has 0 spiro atoms. The average molecular weight is 463 g/mol. The Bertz CT molecular complexity index is 1400. The molecule has 0 fully saturated rings. The molecule has 0 atom stereocenters. The smallest absolute Gasteiger partial charge is 0.247 e. The van der Waals surface area contributed by atoms with Gasteiger partial charge in [0.05, 0.1) is 22.8 Å². The summed E-state index contributed by atoms with van der Waals surface area (Å²) in [4.78, 5) is 23.7. The number of pyridine rings is 1. The van der Waals surface area contributed by atoms with Crippen molar-refractivity contribution in [1.29, 1.82) is 0 Å². The van der Waals surface area contributed by atoms with Crippen molar-refractivity contribution in [3.05, 3.63) is 104 Å². The first-order valence-corrected chi connectivity index (χ1v) is 11.2. The van der Waals surface area contributed by atoms with Crippen LogP contribution in [0.5, 0.6) is 0 Å². The van der Waals surface area contributed by atoms with Crippen LogP contribution in [0.25, 0.3) is 11.0 Å². The van der Waals surface area contributed by atoms with Crippen LogP contribution < -0.4 is 10.9 Å². The van der Waals surface area contributed by atoms with Crippen LogP contribution in [0.1, 0.15) is 21.6 Å². The topological polar surface area (TPSA) is 88.5 Å². The number of rotatable bonds is 7. The molecule has 7 nitrogen and oxygen atoms in total. The number of fused-ring (bicyclic) bond motifs is 1. The van der Waals surface area contributed by atoms with Crippen LogP contribution >= 0.6 is 22.9 Å². The Balaban J connectivity index is 1.28. The monoisotopic (exact) mass is 462 g/mol. The summed E-state index contributed by atoms with van der Waals surface area (Å²) in [5.41, 5.74) is 3.95. The van der Waals surface area contributed by atoms with Gasteiger partial charge in [-0.1, -0.05) is 41.9 Å². The first-order valence-electron chi connectivity index (χ1n) is 10.0. The summed E-state index contributed by atoms with van der Waals surface area (Å²) in [6.07, 6.45) is 6.01. The van der Waals surface area contributed by atoms with Gasteiger partial charge in [-0.3, -0.25) is 9.48 Å². The summed E-state index contributed by atoms with van der Waals surface area (Å²) in [6, 6.07) is 15.7. The molecule has 0 saturated carbocycles. The third-order valence-corrected chi connectivity index (χ3v) is 6.28. The second-order valence-electron chi connectivity index (χ2n) is 7.40. The molecule has 160 valence electrons. The van der Waals surface area contributed by atoms with Crippen molar-refractivity contribution in [2.24, 2.45) is 0 Å². The number of H-pyrrole nitrogens is 1. The lowest BCUT2D eigenvalue weighted by atomic mass is 10.0. The predicted octanol–water partition coefficient (Wildman–Crippen LogP) is 4.48. The molecule has 5 aromatic rings. The number of anilines is 1. The minimum Gasteiger partial charge on any atom is -0.364 e. The summed E-state index contributed by atoms with van der Waals surface area (Å²) in [6.45, 7) is 1.28. The zero-order chi connectivity index (χ0) is 21.9. The van der Waals surface area contributed by atoms with Crippen LogP contribution in [0, 0.1) is 0 Å². The Morgan fingerprint density at radius 2 is 1.81 bits per heavy atom. The highest BCUT2D eigenvalue weighted by Gasteiger charge is 2.09. The molecule has 0 amide bonds. The maximum atomic E-state index is 11.2. The van der Waals surface area contributed by atoms with Gasteiger partial charge in [-0.25, -0.2) is 9.97 Å². The number of aromatic amines is 1. The Kier molecular flexibility index (Phi) is 5.70. The molecule has 0 radical (unpaired) electrons. The summed E-state index contributed by atoms with van der Waals surface area (Å²) < 4.78 is 2.65. The molecule has 5 rings (SSSR count). The highest BCUT2D eigenvalue weighted by atomic mass is 35.5. The number of thiophene rings is 1. The second-order valence-corrected chi connectivity index (χ2v) is 9.20. The van der Waals surface area contributed by atoms with Crippen LogP contribution in [0.3, 0.4) is 0 Å². The van der Waals surface area contributed by atoms with Gasteiger partial charge in [-0.2, -0.15) is 5.10 Å². The Morgan fingerprint density at radius 3 is 2.56 bits per heavy atom. The van der Waals surface area contributed by atoms with Gasteiger partial charge >= 0.3 is 0 Å². The lowest BCUT2D eigenvalue weighted by Crippen LogP contribution is -2.03. The van der Waals surface area contributed by atoms with Gasteiger partial charge in [0.15, 0.2) is 5.65 Å². The molecule has 1 aromatic carbocycles. The zero-order valence-corrected chi connectivity index (χ0v) is 18.5. The van der Waals surface area contributed by atoms with Gasteiger partial charge in [0.2, 0.25) is 5.56 Å². The molecule has 0 bridgehead atoms. The molecule has 4 aromatic heterocycles. The van der Waals surface area contributed by atoms with E-state index >= 15 is 0 Å². The van der Waals surface area contributed by atoms with Crippen LogP contribution in [0.15, 0.2) is 72.0 Å². The Hall–Kier alpha value is -3.49. The number of halogens is 1. The Morgan fingerprint density at radius 1 is 1.00 bits per heavy atom. The third-order valence-electron chi connectivity index (χ3n) is 5.05. The highest BCUT2D eigenvalue weighted by molar-refractivity contribution is 7.16. The fourth-order valence-corrected chi connectivity index (χ4v) is 4.49. The maximum Gasteiger partial charge on any atom is 0.247 e. The molecule has 4 heterocycles. The highest BCUT2D eigenvalue weighted by Crippen LogP contribution is 2.24. The van der Waals surface area contributed by atoms with Crippen molar-refractivity contribution in [1.82, 2.24) is 24.7 Å². The molecule has 0 aliphatic carbocycles. The van der Waals surface area contributed by atoms with E-state index in [9.17, 15) is 4.79 Å². The average Bonchev–Trinajstić information content (AvgIpc) is 3.41. The normalized spacial score (nSPS) is 11.2. The molecule has 0 aliphatic heterocycles. The third kappa shape index (κ3) is 4.71. The van der Waals surface area contributed by atoms with E-state index in [1.807, 2.05) is 29.1 Å². The molecular formula is C23H19ClN6OS. The number of nitrogens with zero attached hydrogens (tertiary/aromatic N) is 4. The molecule has 0 aliphatic rings. The number of nitrogens with one attached hydrogen (secondary N) is 2. The fraction of sp³-hybridized carbons (Fsp3) is 0.130. The minimum atomic E-state index is -0.0883. The van der Waals surface area contributed by atoms with Crippen molar-refractivity contribution in [3.63, 3.8) is 0 Å². The summed E-state index contributed by atoms with van der Waals surface area (Å²) >= 11 is 7.56. The molecule has 0 unspecified atom stereocenters. The van der Waals surface area contributed by atoms with E-state index in [2.05, 4.69) is 49.6 Å². The summed E-state index contributed by atoms with van der Waals surface area (Å²) in [5, 5.41) is 8.83. The van der Waals surface area contributed by atoms with Gasteiger partial charge in [0, 0.05) is 23.3 Å². The number of hydrogen-bond acceptors (Lipinski definition) is 6. The van der Waals surface area contributed by atoms with Crippen LogP contribution in [-0.4, -0.2) is 24.7 Å². The lowest BCUT2D eigenvalue weighted by molar-refractivity contribution is 0.693. The largest absolute Gasteiger partial charge is 0.364 e. The maximum absolute atomic E-state index is 11.2. The van der Waals surface area contributed by atoms with E-state index in [1.54, 1.807) is 23.6 Å². The predicted molar refractivity (Wildman–Crippen MR) is 127 cm³/mol. The van der Waals surface area contributed by atoms with Gasteiger partial charge < -0.3 is 10.3 Å². The standard InChI is InChI=1S/C23H19ClN6OS/c24-20-7-6-18(32-20)11-26-22-19-13-30(29-23(19)28-14-27-22)12-16-3-1-15(2-4-16)9-17-5-8-21(31)25-10-17/h1-8,10,13-14H,9,11-12H2,(H,25,31)(H,26,27,28,29). The Labute approximate surface area is 192 Å². The van der Waals surface area contributed by atoms with E-state index in [0.29, 0.717) is 18.7 Å². The number of aromatic nitrogens is 5. The number of benzene rings is 1. The van der Waals surface area contributed by atoms with Crippen molar-refractivity contribution < 1.29 is 0 Å². The number of hydrogen-bond donors (Lipinski definition) is 2. The summed E-state index contributed by atoms with van der Waals surface area (Å²) in [5.74, 6) is 0.752. The first-order chi connectivity index (χ1) is 15.6. The van der Waals surface area contributed by atoms with Crippen molar-refractivity contribution >= 4 is 39.8 Å². The first kappa shape index (κ1) is 20.4. The zero-order valence-electron chi connectivity index (χ0n) is 17.0. The van der Waals surface area contributed by atoms with E-state index in [4.69, 9.17) is 11.6 Å². The van der Waals surface area contributed by atoms with E-state index in [0.717, 1.165) is 38.0 Å². The fourth-order valence-electron chi connectivity index (χ4n) is 3.46. The van der Waals surface area contributed by atoms with E-state index < -0.39 is 0 Å². The SMILES string of the molecule is O=c1ccc(Cc2ccc(Cn3cc4c(NCc5ccc(Cl)s5)ncnc4n3)cc2)c[nH]1. The van der Waals surface area contributed by atoms with Gasteiger partial charge in [0.1, 0.15) is 12.1 Å². The van der Waals surface area contributed by atoms with Crippen LogP contribution in [-0.2, 0) is 19.5 Å². The molecule has 2 N–H and O–H groups in total. The molecular weight excluding hydrogens is 444 g/mol. The summed E-state index contributed by atoms with van der Waals surface area (Å²) in [7, 11) is 0. The van der Waals surface area contributed by atoms with E-state index in [1.165, 1.54) is 11.9 Å². The van der Waals surface area contributed by atoms with E-state index in [-0.39, 0.29) is 5.56 Å². The quantitative estimate of drug-likeness (QED) is 0.372. The van der Waals surface area contributed by atoms with Crippen LogP contribution in [0.2, 0.25) is 4.34 Å². The van der Waals surface area contributed by atoms with Gasteiger partial charge in [-0.15, -0.1) is 11.3 Å². The minimum absolute atomic E-state index is 0.0883. The van der Waals surface area contributed by atoms with Crippen LogP contribution in [0.4, 0.5) is 5.82 Å². The van der Waals surface area contributed by atoms with Crippen molar-refractivity contribution in [2.45, 2.75) is 19.5 Å². The lowest BCUT2D eigenvalue weighted by Gasteiger charge is -2.05. The molecule has 9 heteroatoms. The van der Waals surface area contributed by atoms with Crippen molar-refractivity contribution in [2.75, 3.05) is 5.32 Å². The van der Waals surface area contributed by atoms with Gasteiger partial charge in [-0.05, 0) is 35.2 Å². The van der Waals surface area contributed by atoms with Crippen molar-refractivity contribution in [3.8, 4) is 0 Å². The molecule has 32 heavy (non-hydrogen) atoms. The second kappa shape index (κ2) is 8.94. The van der Waals surface area contributed by atoms with Gasteiger partial charge in [0.25, 0.3) is 0 Å². The molecule has 0 saturated heterocycles.